The second-order valence-corrected chi connectivity index (χ2v) is 2.45. The molecule has 1 aromatic rings. The third-order valence-electron chi connectivity index (χ3n) is 1.44. The maximum absolute atomic E-state index is 8.55. The summed E-state index contributed by atoms with van der Waals surface area (Å²) in [6.45, 7) is 0.217. The molecule has 3 nitrogen and oxygen atoms in total. The van der Waals surface area contributed by atoms with Gasteiger partial charge in [-0.25, -0.2) is 0 Å². The molecule has 0 amide bonds. The molecule has 60 valence electrons. The van der Waals surface area contributed by atoms with Crippen molar-refractivity contribution >= 4 is 5.69 Å². The quantitative estimate of drug-likeness (QED) is 0.666. The highest BCUT2D eigenvalue weighted by molar-refractivity contribution is 5.36. The van der Waals surface area contributed by atoms with Gasteiger partial charge in [0.1, 0.15) is 0 Å². The molecule has 0 aliphatic rings. The molecule has 0 spiro atoms. The fraction of sp³-hybridized carbons (Fsp3) is 0.375. The van der Waals surface area contributed by atoms with Gasteiger partial charge in [0.2, 0.25) is 0 Å². The van der Waals surface area contributed by atoms with Gasteiger partial charge in [-0.05, 0) is 24.5 Å². The number of aliphatic hydroxyl groups is 1. The summed E-state index contributed by atoms with van der Waals surface area (Å²) in [5.74, 6) is 0. The Labute approximate surface area is 65.9 Å². The van der Waals surface area contributed by atoms with Gasteiger partial charge in [-0.15, -0.1) is 0 Å². The number of aromatic nitrogens is 1. The minimum atomic E-state index is 0.217. The Morgan fingerprint density at radius 3 is 2.91 bits per heavy atom. The summed E-state index contributed by atoms with van der Waals surface area (Å²) in [5, 5.41) is 8.55. The summed E-state index contributed by atoms with van der Waals surface area (Å²) in [4.78, 5) is 3.93. The molecule has 0 radical (unpaired) electrons. The average molecular weight is 152 g/mol. The summed E-state index contributed by atoms with van der Waals surface area (Å²) < 4.78 is 0. The van der Waals surface area contributed by atoms with Crippen LogP contribution in [0, 0.1) is 0 Å². The SMILES string of the molecule is Nc1cncc(CCCO)c1. The lowest BCUT2D eigenvalue weighted by molar-refractivity contribution is 0.288. The highest BCUT2D eigenvalue weighted by Gasteiger charge is 1.92. The zero-order valence-electron chi connectivity index (χ0n) is 6.33. The van der Waals surface area contributed by atoms with E-state index < -0.39 is 0 Å². The van der Waals surface area contributed by atoms with Crippen molar-refractivity contribution in [3.8, 4) is 0 Å². The molecule has 3 heteroatoms. The van der Waals surface area contributed by atoms with Crippen LogP contribution >= 0.6 is 0 Å². The molecule has 3 N–H and O–H groups in total. The van der Waals surface area contributed by atoms with Crippen LogP contribution in [0.4, 0.5) is 5.69 Å². The van der Waals surface area contributed by atoms with E-state index in [1.54, 1.807) is 12.4 Å². The van der Waals surface area contributed by atoms with E-state index in [1.165, 1.54) is 0 Å². The summed E-state index contributed by atoms with van der Waals surface area (Å²) >= 11 is 0. The molecular formula is C8H12N2O. The first kappa shape index (κ1) is 8.01. The van der Waals surface area contributed by atoms with Crippen LogP contribution < -0.4 is 5.73 Å². The number of nitrogens with zero attached hydrogens (tertiary/aromatic N) is 1. The van der Waals surface area contributed by atoms with Crippen molar-refractivity contribution in [1.29, 1.82) is 0 Å². The van der Waals surface area contributed by atoms with E-state index in [9.17, 15) is 0 Å². The smallest absolute Gasteiger partial charge is 0.0503 e. The summed E-state index contributed by atoms with van der Waals surface area (Å²) in [6.07, 6.45) is 4.99. The maximum Gasteiger partial charge on any atom is 0.0503 e. The first-order chi connectivity index (χ1) is 5.33. The predicted molar refractivity (Wildman–Crippen MR) is 44.1 cm³/mol. The van der Waals surface area contributed by atoms with E-state index in [0.29, 0.717) is 5.69 Å². The number of anilines is 1. The Morgan fingerprint density at radius 1 is 1.45 bits per heavy atom. The molecular weight excluding hydrogens is 140 g/mol. The van der Waals surface area contributed by atoms with Crippen LogP contribution in [0.25, 0.3) is 0 Å². The predicted octanol–water partition coefficient (Wildman–Crippen LogP) is 0.589. The lowest BCUT2D eigenvalue weighted by atomic mass is 10.1. The van der Waals surface area contributed by atoms with Crippen LogP contribution in [0.3, 0.4) is 0 Å². The summed E-state index contributed by atoms with van der Waals surface area (Å²) in [7, 11) is 0. The van der Waals surface area contributed by atoms with Crippen molar-refractivity contribution in [3.63, 3.8) is 0 Å². The van der Waals surface area contributed by atoms with E-state index >= 15 is 0 Å². The molecule has 0 atom stereocenters. The van der Waals surface area contributed by atoms with Crippen molar-refractivity contribution < 1.29 is 5.11 Å². The molecule has 11 heavy (non-hydrogen) atoms. The van der Waals surface area contributed by atoms with Gasteiger partial charge in [0, 0.05) is 19.0 Å². The van der Waals surface area contributed by atoms with E-state index in [4.69, 9.17) is 10.8 Å². The van der Waals surface area contributed by atoms with Crippen LogP contribution in [-0.2, 0) is 6.42 Å². The Balaban J connectivity index is 2.56. The largest absolute Gasteiger partial charge is 0.397 e. The lowest BCUT2D eigenvalue weighted by Crippen LogP contribution is -1.93. The molecule has 0 aliphatic carbocycles. The van der Waals surface area contributed by atoms with Crippen LogP contribution in [0.5, 0.6) is 0 Å². The summed E-state index contributed by atoms with van der Waals surface area (Å²) in [5.41, 5.74) is 7.27. The zero-order valence-corrected chi connectivity index (χ0v) is 6.33. The normalized spacial score (nSPS) is 9.91. The molecule has 1 aromatic heterocycles. The number of aryl methyl sites for hydroxylation is 1. The van der Waals surface area contributed by atoms with Crippen LogP contribution in [0.2, 0.25) is 0 Å². The van der Waals surface area contributed by atoms with Crippen LogP contribution in [-0.4, -0.2) is 16.7 Å². The molecule has 0 saturated carbocycles. The lowest BCUT2D eigenvalue weighted by Gasteiger charge is -1.98. The highest BCUT2D eigenvalue weighted by atomic mass is 16.2. The molecule has 0 saturated heterocycles. The van der Waals surface area contributed by atoms with Gasteiger partial charge < -0.3 is 10.8 Å². The third-order valence-corrected chi connectivity index (χ3v) is 1.44. The van der Waals surface area contributed by atoms with Gasteiger partial charge >= 0.3 is 0 Å². The van der Waals surface area contributed by atoms with Crippen molar-refractivity contribution in [1.82, 2.24) is 4.98 Å². The standard InChI is InChI=1S/C8H12N2O/c9-8-4-7(2-1-3-11)5-10-6-8/h4-6,11H,1-3,9H2. The van der Waals surface area contributed by atoms with E-state index in [0.717, 1.165) is 18.4 Å². The Hall–Kier alpha value is -1.09. The van der Waals surface area contributed by atoms with Gasteiger partial charge in [-0.3, -0.25) is 4.98 Å². The first-order valence-electron chi connectivity index (χ1n) is 3.63. The number of nitrogen functional groups attached to an aromatic ring is 1. The van der Waals surface area contributed by atoms with Gasteiger partial charge in [-0.1, -0.05) is 0 Å². The van der Waals surface area contributed by atoms with Crippen molar-refractivity contribution in [2.45, 2.75) is 12.8 Å². The monoisotopic (exact) mass is 152 g/mol. The number of hydrogen-bond donors (Lipinski definition) is 2. The first-order valence-corrected chi connectivity index (χ1v) is 3.63. The third kappa shape index (κ3) is 2.55. The number of aliphatic hydroxyl groups excluding tert-OH is 1. The molecule has 1 rings (SSSR count). The van der Waals surface area contributed by atoms with Crippen molar-refractivity contribution in [2.24, 2.45) is 0 Å². The Bertz CT molecular complexity index is 225. The Morgan fingerprint density at radius 2 is 2.27 bits per heavy atom. The number of rotatable bonds is 3. The average Bonchev–Trinajstić information content (AvgIpc) is 2.01. The molecule has 0 unspecified atom stereocenters. The molecule has 0 aromatic carbocycles. The minimum absolute atomic E-state index is 0.217. The van der Waals surface area contributed by atoms with Crippen molar-refractivity contribution in [2.75, 3.05) is 12.3 Å². The van der Waals surface area contributed by atoms with Gasteiger partial charge in [0.05, 0.1) is 5.69 Å². The highest BCUT2D eigenvalue weighted by Crippen LogP contribution is 2.05. The van der Waals surface area contributed by atoms with E-state index in [1.807, 2.05) is 6.07 Å². The summed E-state index contributed by atoms with van der Waals surface area (Å²) in [6, 6.07) is 1.88. The van der Waals surface area contributed by atoms with Crippen LogP contribution in [0.15, 0.2) is 18.5 Å². The zero-order chi connectivity index (χ0) is 8.10. The van der Waals surface area contributed by atoms with Crippen molar-refractivity contribution in [3.05, 3.63) is 24.0 Å². The van der Waals surface area contributed by atoms with Gasteiger partial charge in [-0.2, -0.15) is 0 Å². The molecule has 0 aliphatic heterocycles. The number of hydrogen-bond acceptors (Lipinski definition) is 3. The second-order valence-electron chi connectivity index (χ2n) is 2.45. The maximum atomic E-state index is 8.55. The second kappa shape index (κ2) is 3.93. The molecule has 0 bridgehead atoms. The topological polar surface area (TPSA) is 59.1 Å². The van der Waals surface area contributed by atoms with E-state index in [-0.39, 0.29) is 6.61 Å². The minimum Gasteiger partial charge on any atom is -0.397 e. The van der Waals surface area contributed by atoms with Gasteiger partial charge in [0.25, 0.3) is 0 Å². The fourth-order valence-corrected chi connectivity index (χ4v) is 0.928. The van der Waals surface area contributed by atoms with Crippen LogP contribution in [0.1, 0.15) is 12.0 Å². The molecule has 1 heterocycles. The molecule has 0 fully saturated rings. The fourth-order valence-electron chi connectivity index (χ4n) is 0.928. The number of pyridine rings is 1. The van der Waals surface area contributed by atoms with Gasteiger partial charge in [0.15, 0.2) is 0 Å². The van der Waals surface area contributed by atoms with E-state index in [2.05, 4.69) is 4.98 Å². The Kier molecular flexibility index (Phi) is 2.86. The number of nitrogens with two attached hydrogens (primary N) is 1.